The standard InChI is InChI=1S/C14H16Cl2N2O2/c1-20-8-7-18(6-2-5-17)10-14(19)11-3-4-12(15)13(16)9-11/h3-4,9H,2,6-8,10H2,1H3. The van der Waals surface area contributed by atoms with Crippen LogP contribution in [0, 0.1) is 11.3 Å². The molecule has 1 rings (SSSR count). The molecular weight excluding hydrogens is 299 g/mol. The molecule has 0 unspecified atom stereocenters. The van der Waals surface area contributed by atoms with Crippen molar-refractivity contribution in [1.29, 1.82) is 5.26 Å². The highest BCUT2D eigenvalue weighted by atomic mass is 35.5. The first-order valence-corrected chi connectivity index (χ1v) is 6.90. The van der Waals surface area contributed by atoms with Crippen LogP contribution in [0.2, 0.25) is 10.0 Å². The summed E-state index contributed by atoms with van der Waals surface area (Å²) in [6.45, 7) is 1.88. The van der Waals surface area contributed by atoms with Crippen molar-refractivity contribution in [2.24, 2.45) is 0 Å². The summed E-state index contributed by atoms with van der Waals surface area (Å²) in [6.07, 6.45) is 0.373. The van der Waals surface area contributed by atoms with Crippen LogP contribution in [0.25, 0.3) is 0 Å². The van der Waals surface area contributed by atoms with Crippen molar-refractivity contribution in [1.82, 2.24) is 4.90 Å². The maximum Gasteiger partial charge on any atom is 0.176 e. The normalized spacial score (nSPS) is 10.6. The fourth-order valence-electron chi connectivity index (χ4n) is 1.66. The minimum Gasteiger partial charge on any atom is -0.383 e. The number of benzene rings is 1. The number of ketones is 1. The van der Waals surface area contributed by atoms with Crippen molar-refractivity contribution in [3.05, 3.63) is 33.8 Å². The Hall–Kier alpha value is -1.12. The van der Waals surface area contributed by atoms with Gasteiger partial charge in [0.25, 0.3) is 0 Å². The van der Waals surface area contributed by atoms with Gasteiger partial charge < -0.3 is 4.74 Å². The van der Waals surface area contributed by atoms with Crippen molar-refractivity contribution >= 4 is 29.0 Å². The van der Waals surface area contributed by atoms with Gasteiger partial charge in [-0.15, -0.1) is 0 Å². The maximum absolute atomic E-state index is 12.2. The Morgan fingerprint density at radius 2 is 2.10 bits per heavy atom. The van der Waals surface area contributed by atoms with Gasteiger partial charge in [0, 0.05) is 32.2 Å². The van der Waals surface area contributed by atoms with Crippen molar-refractivity contribution < 1.29 is 9.53 Å². The van der Waals surface area contributed by atoms with E-state index < -0.39 is 0 Å². The largest absolute Gasteiger partial charge is 0.383 e. The first-order chi connectivity index (χ1) is 9.58. The highest BCUT2D eigenvalue weighted by Gasteiger charge is 2.13. The summed E-state index contributed by atoms with van der Waals surface area (Å²) in [5, 5.41) is 9.41. The third-order valence-electron chi connectivity index (χ3n) is 2.76. The van der Waals surface area contributed by atoms with Gasteiger partial charge in [-0.1, -0.05) is 23.2 Å². The number of hydrogen-bond donors (Lipinski definition) is 0. The molecule has 0 atom stereocenters. The Balaban J connectivity index is 2.68. The van der Waals surface area contributed by atoms with Crippen molar-refractivity contribution in [3.63, 3.8) is 0 Å². The summed E-state index contributed by atoms with van der Waals surface area (Å²) < 4.78 is 5.00. The molecule has 0 amide bonds. The van der Waals surface area contributed by atoms with Crippen LogP contribution in [0.1, 0.15) is 16.8 Å². The molecule has 0 heterocycles. The van der Waals surface area contributed by atoms with Crippen LogP contribution in [0.5, 0.6) is 0 Å². The smallest absolute Gasteiger partial charge is 0.176 e. The van der Waals surface area contributed by atoms with E-state index in [9.17, 15) is 4.79 Å². The van der Waals surface area contributed by atoms with Crippen LogP contribution in [-0.2, 0) is 4.74 Å². The predicted molar refractivity (Wildman–Crippen MR) is 79.3 cm³/mol. The van der Waals surface area contributed by atoms with Crippen molar-refractivity contribution in [2.75, 3.05) is 33.4 Å². The predicted octanol–water partition coefficient (Wildman–Crippen LogP) is 3.04. The second-order valence-electron chi connectivity index (χ2n) is 4.23. The van der Waals surface area contributed by atoms with Crippen molar-refractivity contribution in [3.8, 4) is 6.07 Å². The van der Waals surface area contributed by atoms with Gasteiger partial charge in [-0.05, 0) is 18.2 Å². The summed E-state index contributed by atoms with van der Waals surface area (Å²) in [5.41, 5.74) is 0.513. The van der Waals surface area contributed by atoms with Crippen LogP contribution in [0.15, 0.2) is 18.2 Å². The van der Waals surface area contributed by atoms with Gasteiger partial charge in [-0.2, -0.15) is 5.26 Å². The number of nitriles is 1. The number of methoxy groups -OCH3 is 1. The third kappa shape index (κ3) is 5.48. The first kappa shape index (κ1) is 16.9. The quantitative estimate of drug-likeness (QED) is 0.692. The van der Waals surface area contributed by atoms with E-state index in [2.05, 4.69) is 6.07 Å². The molecule has 0 aliphatic rings. The van der Waals surface area contributed by atoms with Crippen LogP contribution in [-0.4, -0.2) is 44.0 Å². The molecule has 0 bridgehead atoms. The molecule has 0 saturated heterocycles. The van der Waals surface area contributed by atoms with Gasteiger partial charge >= 0.3 is 0 Å². The molecule has 0 aromatic heterocycles. The number of Topliss-reactive ketones (excluding diaryl/α,β-unsaturated/α-hetero) is 1. The molecular formula is C14H16Cl2N2O2. The highest BCUT2D eigenvalue weighted by molar-refractivity contribution is 6.42. The molecule has 0 radical (unpaired) electrons. The average molecular weight is 315 g/mol. The van der Waals surface area contributed by atoms with Crippen LogP contribution >= 0.6 is 23.2 Å². The number of nitrogens with zero attached hydrogens (tertiary/aromatic N) is 2. The van der Waals surface area contributed by atoms with Gasteiger partial charge in [0.1, 0.15) is 0 Å². The van der Waals surface area contributed by atoms with Crippen LogP contribution in [0.3, 0.4) is 0 Å². The maximum atomic E-state index is 12.2. The number of carbonyl (C=O) groups excluding carboxylic acids is 1. The summed E-state index contributed by atoms with van der Waals surface area (Å²) in [5.74, 6) is -0.0578. The number of rotatable bonds is 8. The molecule has 0 spiro atoms. The Kier molecular flexibility index (Phi) is 7.56. The lowest BCUT2D eigenvalue weighted by atomic mass is 10.1. The number of carbonyl (C=O) groups is 1. The fraction of sp³-hybridized carbons (Fsp3) is 0.429. The van der Waals surface area contributed by atoms with E-state index in [-0.39, 0.29) is 12.3 Å². The van der Waals surface area contributed by atoms with E-state index in [4.69, 9.17) is 33.2 Å². The van der Waals surface area contributed by atoms with Gasteiger partial charge in [0.15, 0.2) is 5.78 Å². The van der Waals surface area contributed by atoms with E-state index in [1.54, 1.807) is 25.3 Å². The molecule has 1 aromatic rings. The first-order valence-electron chi connectivity index (χ1n) is 6.15. The molecule has 0 fully saturated rings. The van der Waals surface area contributed by atoms with Gasteiger partial charge in [-0.25, -0.2) is 0 Å². The Morgan fingerprint density at radius 3 is 2.70 bits per heavy atom. The summed E-state index contributed by atoms with van der Waals surface area (Å²) in [7, 11) is 1.60. The van der Waals surface area contributed by atoms with Crippen molar-refractivity contribution in [2.45, 2.75) is 6.42 Å². The molecule has 108 valence electrons. The summed E-state index contributed by atoms with van der Waals surface area (Å²) >= 11 is 11.7. The molecule has 1 aromatic carbocycles. The lowest BCUT2D eigenvalue weighted by Crippen LogP contribution is -2.33. The zero-order valence-electron chi connectivity index (χ0n) is 11.2. The highest BCUT2D eigenvalue weighted by Crippen LogP contribution is 2.22. The molecule has 4 nitrogen and oxygen atoms in total. The number of hydrogen-bond acceptors (Lipinski definition) is 4. The topological polar surface area (TPSA) is 53.3 Å². The summed E-state index contributed by atoms with van der Waals surface area (Å²) in [6, 6.07) is 6.88. The molecule has 6 heteroatoms. The second-order valence-corrected chi connectivity index (χ2v) is 5.04. The molecule has 20 heavy (non-hydrogen) atoms. The minimum atomic E-state index is -0.0578. The zero-order valence-corrected chi connectivity index (χ0v) is 12.7. The van der Waals surface area contributed by atoms with E-state index in [1.807, 2.05) is 4.90 Å². The summed E-state index contributed by atoms with van der Waals surface area (Å²) in [4.78, 5) is 14.1. The van der Waals surface area contributed by atoms with Crippen LogP contribution < -0.4 is 0 Å². The van der Waals surface area contributed by atoms with Gasteiger partial charge in [0.2, 0.25) is 0 Å². The third-order valence-corrected chi connectivity index (χ3v) is 3.50. The van der Waals surface area contributed by atoms with E-state index >= 15 is 0 Å². The van der Waals surface area contributed by atoms with E-state index in [1.165, 1.54) is 0 Å². The fourth-order valence-corrected chi connectivity index (χ4v) is 1.96. The zero-order chi connectivity index (χ0) is 15.0. The van der Waals surface area contributed by atoms with E-state index in [0.717, 1.165) is 0 Å². The minimum absolute atomic E-state index is 0.0578. The van der Waals surface area contributed by atoms with Gasteiger partial charge in [0.05, 0.1) is 29.3 Å². The monoisotopic (exact) mass is 314 g/mol. The number of ether oxygens (including phenoxy) is 1. The lowest BCUT2D eigenvalue weighted by Gasteiger charge is -2.19. The Labute approximate surface area is 128 Å². The molecule has 0 N–H and O–H groups in total. The molecule has 0 saturated carbocycles. The second kappa shape index (κ2) is 8.93. The number of halogens is 2. The SMILES string of the molecule is COCCN(CCC#N)CC(=O)c1ccc(Cl)c(Cl)c1. The molecule has 0 aliphatic heterocycles. The average Bonchev–Trinajstić information content (AvgIpc) is 2.44. The van der Waals surface area contributed by atoms with Crippen LogP contribution in [0.4, 0.5) is 0 Å². The van der Waals surface area contributed by atoms with E-state index in [0.29, 0.717) is 41.7 Å². The van der Waals surface area contributed by atoms with Gasteiger partial charge in [-0.3, -0.25) is 9.69 Å². The molecule has 0 aliphatic carbocycles. The lowest BCUT2D eigenvalue weighted by molar-refractivity contribution is 0.0898. The Morgan fingerprint density at radius 1 is 1.35 bits per heavy atom. The Bertz CT molecular complexity index is 500.